The van der Waals surface area contributed by atoms with Crippen LogP contribution in [-0.4, -0.2) is 47.3 Å². The van der Waals surface area contributed by atoms with Crippen molar-refractivity contribution in [1.82, 2.24) is 20.3 Å². The van der Waals surface area contributed by atoms with E-state index in [9.17, 15) is 0 Å². The van der Waals surface area contributed by atoms with Crippen LogP contribution in [-0.2, 0) is 11.2 Å². The van der Waals surface area contributed by atoms with E-state index in [2.05, 4.69) is 57.9 Å². The molecule has 4 heterocycles. The highest BCUT2D eigenvalue weighted by atomic mass is 16.5. The predicted molar refractivity (Wildman–Crippen MR) is 151 cm³/mol. The highest BCUT2D eigenvalue weighted by molar-refractivity contribution is 5.92. The largest absolute Gasteiger partial charge is 0.437 e. The SMILES string of the molecule is Cc1ccc2c(CC[C@H]3CCOC3)cccc2c1Oc1ncccc1-c1ccnc(N[C@H]2CCCNC2)n1. The number of piperidine rings is 1. The summed E-state index contributed by atoms with van der Waals surface area (Å²) in [7, 11) is 0. The highest BCUT2D eigenvalue weighted by Gasteiger charge is 2.19. The summed E-state index contributed by atoms with van der Waals surface area (Å²) in [4.78, 5) is 13.9. The number of pyridine rings is 1. The number of aromatic nitrogens is 3. The molecule has 2 saturated heterocycles. The molecule has 2 fully saturated rings. The second kappa shape index (κ2) is 11.5. The molecular weight excluding hydrogens is 474 g/mol. The first-order valence-electron chi connectivity index (χ1n) is 13.8. The minimum absolute atomic E-state index is 0.331. The molecule has 4 aromatic rings. The van der Waals surface area contributed by atoms with Gasteiger partial charge in [-0.05, 0) is 86.2 Å². The summed E-state index contributed by atoms with van der Waals surface area (Å²) >= 11 is 0. The molecule has 0 saturated carbocycles. The van der Waals surface area contributed by atoms with Crippen molar-refractivity contribution < 1.29 is 9.47 Å². The van der Waals surface area contributed by atoms with Crippen molar-refractivity contribution in [3.8, 4) is 22.9 Å². The second-order valence-corrected chi connectivity index (χ2v) is 10.4. The number of aryl methyl sites for hydroxylation is 2. The van der Waals surface area contributed by atoms with E-state index in [-0.39, 0.29) is 0 Å². The minimum Gasteiger partial charge on any atom is -0.437 e. The Bertz CT molecular complexity index is 1400. The van der Waals surface area contributed by atoms with E-state index >= 15 is 0 Å². The minimum atomic E-state index is 0.331. The van der Waals surface area contributed by atoms with Gasteiger partial charge in [-0.1, -0.05) is 30.3 Å². The van der Waals surface area contributed by atoms with Crippen LogP contribution >= 0.6 is 0 Å². The van der Waals surface area contributed by atoms with Gasteiger partial charge in [0.05, 0.1) is 11.3 Å². The molecule has 7 nitrogen and oxygen atoms in total. The predicted octanol–water partition coefficient (Wildman–Crippen LogP) is 5.93. The Labute approximate surface area is 224 Å². The molecule has 0 amide bonds. The monoisotopic (exact) mass is 509 g/mol. The van der Waals surface area contributed by atoms with Crippen LogP contribution in [0.5, 0.6) is 11.6 Å². The summed E-state index contributed by atoms with van der Waals surface area (Å²) in [5.41, 5.74) is 4.05. The molecule has 2 aromatic carbocycles. The lowest BCUT2D eigenvalue weighted by molar-refractivity contribution is 0.184. The van der Waals surface area contributed by atoms with Gasteiger partial charge >= 0.3 is 0 Å². The van der Waals surface area contributed by atoms with Crippen molar-refractivity contribution in [1.29, 1.82) is 0 Å². The number of rotatable bonds is 8. The Hall–Kier alpha value is -3.55. The van der Waals surface area contributed by atoms with Gasteiger partial charge in [0.2, 0.25) is 11.8 Å². The maximum atomic E-state index is 6.61. The smallest absolute Gasteiger partial charge is 0.228 e. The van der Waals surface area contributed by atoms with Crippen LogP contribution < -0.4 is 15.4 Å². The lowest BCUT2D eigenvalue weighted by atomic mass is 9.94. The third kappa shape index (κ3) is 5.49. The van der Waals surface area contributed by atoms with Gasteiger partial charge in [-0.15, -0.1) is 0 Å². The molecule has 6 rings (SSSR count). The number of hydrogen-bond donors (Lipinski definition) is 2. The molecule has 2 aliphatic rings. The molecule has 0 bridgehead atoms. The number of ether oxygens (including phenoxy) is 2. The van der Waals surface area contributed by atoms with Crippen LogP contribution in [0.4, 0.5) is 5.95 Å². The van der Waals surface area contributed by atoms with Crippen LogP contribution in [0.3, 0.4) is 0 Å². The van der Waals surface area contributed by atoms with E-state index in [4.69, 9.17) is 14.5 Å². The van der Waals surface area contributed by atoms with Gasteiger partial charge in [-0.2, -0.15) is 0 Å². The van der Waals surface area contributed by atoms with Gasteiger partial charge in [0.1, 0.15) is 5.75 Å². The molecule has 2 aliphatic heterocycles. The van der Waals surface area contributed by atoms with Crippen molar-refractivity contribution in [2.45, 2.75) is 45.1 Å². The Morgan fingerprint density at radius 1 is 1.03 bits per heavy atom. The first-order valence-corrected chi connectivity index (χ1v) is 13.8. The number of benzene rings is 2. The number of anilines is 1. The molecular formula is C31H35N5O2. The molecule has 7 heteroatoms. The molecule has 0 radical (unpaired) electrons. The molecule has 2 aromatic heterocycles. The Morgan fingerprint density at radius 2 is 2.00 bits per heavy atom. The van der Waals surface area contributed by atoms with Crippen molar-refractivity contribution in [3.63, 3.8) is 0 Å². The summed E-state index contributed by atoms with van der Waals surface area (Å²) in [5.74, 6) is 2.67. The van der Waals surface area contributed by atoms with Crippen LogP contribution in [0.1, 0.15) is 36.8 Å². The molecule has 38 heavy (non-hydrogen) atoms. The quantitative estimate of drug-likeness (QED) is 0.305. The maximum Gasteiger partial charge on any atom is 0.228 e. The lowest BCUT2D eigenvalue weighted by Gasteiger charge is -2.23. The number of nitrogens with zero attached hydrogens (tertiary/aromatic N) is 3. The average Bonchev–Trinajstić information content (AvgIpc) is 3.48. The van der Waals surface area contributed by atoms with Gasteiger partial charge in [-0.3, -0.25) is 0 Å². The van der Waals surface area contributed by atoms with Crippen LogP contribution in [0.25, 0.3) is 22.0 Å². The molecule has 0 aliphatic carbocycles. The van der Waals surface area contributed by atoms with Crippen molar-refractivity contribution in [2.75, 3.05) is 31.6 Å². The van der Waals surface area contributed by atoms with Crippen molar-refractivity contribution in [2.24, 2.45) is 5.92 Å². The Balaban J connectivity index is 1.29. The van der Waals surface area contributed by atoms with Crippen LogP contribution in [0.2, 0.25) is 0 Å². The van der Waals surface area contributed by atoms with Crippen LogP contribution in [0, 0.1) is 12.8 Å². The van der Waals surface area contributed by atoms with Gasteiger partial charge < -0.3 is 20.1 Å². The fraction of sp³-hybridized carbons (Fsp3) is 0.387. The fourth-order valence-electron chi connectivity index (χ4n) is 5.53. The number of hydrogen-bond acceptors (Lipinski definition) is 7. The topological polar surface area (TPSA) is 81.2 Å². The van der Waals surface area contributed by atoms with Crippen molar-refractivity contribution >= 4 is 16.7 Å². The Morgan fingerprint density at radius 3 is 2.87 bits per heavy atom. The third-order valence-electron chi connectivity index (χ3n) is 7.68. The molecule has 2 atom stereocenters. The highest BCUT2D eigenvalue weighted by Crippen LogP contribution is 2.38. The summed E-state index contributed by atoms with van der Waals surface area (Å²) in [6.07, 6.45) is 9.17. The van der Waals surface area contributed by atoms with Crippen LogP contribution in [0.15, 0.2) is 60.9 Å². The normalized spacial score (nSPS) is 19.5. The van der Waals surface area contributed by atoms with E-state index in [1.54, 1.807) is 12.4 Å². The fourth-order valence-corrected chi connectivity index (χ4v) is 5.53. The van der Waals surface area contributed by atoms with Gasteiger partial charge in [-0.25, -0.2) is 15.0 Å². The zero-order chi connectivity index (χ0) is 25.7. The number of fused-ring (bicyclic) bond motifs is 1. The van der Waals surface area contributed by atoms with Gasteiger partial charge in [0, 0.05) is 43.6 Å². The van der Waals surface area contributed by atoms with E-state index in [1.807, 2.05) is 18.2 Å². The summed E-state index contributed by atoms with van der Waals surface area (Å²) in [5, 5.41) is 9.25. The zero-order valence-electron chi connectivity index (χ0n) is 22.0. The van der Waals surface area contributed by atoms with E-state index in [0.29, 0.717) is 23.8 Å². The second-order valence-electron chi connectivity index (χ2n) is 10.4. The Kier molecular flexibility index (Phi) is 7.47. The lowest BCUT2D eigenvalue weighted by Crippen LogP contribution is -2.38. The number of nitrogens with one attached hydrogen (secondary N) is 2. The van der Waals surface area contributed by atoms with Gasteiger partial charge in [0.15, 0.2) is 0 Å². The summed E-state index contributed by atoms with van der Waals surface area (Å²) < 4.78 is 12.2. The standard InChI is InChI=1S/C31H35N5O2/c1-21-9-12-25-23(11-10-22-14-18-37-20-22)5-2-7-26(25)29(21)38-30-27(8-4-16-33-30)28-13-17-34-31(36-28)35-24-6-3-15-32-19-24/h2,4-5,7-9,12-13,16-17,22,24,32H,3,6,10-11,14-15,18-20H2,1H3,(H,34,35,36)/t22-,24-/m0/s1. The molecule has 2 N–H and O–H groups in total. The maximum absolute atomic E-state index is 6.61. The van der Waals surface area contributed by atoms with Crippen molar-refractivity contribution in [3.05, 3.63) is 72.1 Å². The van der Waals surface area contributed by atoms with E-state index < -0.39 is 0 Å². The summed E-state index contributed by atoms with van der Waals surface area (Å²) in [6, 6.07) is 17.1. The average molecular weight is 510 g/mol. The first-order chi connectivity index (χ1) is 18.7. The molecule has 0 unspecified atom stereocenters. The van der Waals surface area contributed by atoms with Gasteiger partial charge in [0.25, 0.3) is 0 Å². The molecule has 0 spiro atoms. The first kappa shape index (κ1) is 24.8. The zero-order valence-corrected chi connectivity index (χ0v) is 22.0. The molecule has 196 valence electrons. The van der Waals surface area contributed by atoms with E-state index in [0.717, 1.165) is 79.9 Å². The summed E-state index contributed by atoms with van der Waals surface area (Å²) in [6.45, 7) is 5.86. The van der Waals surface area contributed by atoms with E-state index in [1.165, 1.54) is 17.4 Å². The third-order valence-corrected chi connectivity index (χ3v) is 7.68.